The van der Waals surface area contributed by atoms with Crippen LogP contribution in [0.4, 0.5) is 0 Å². The summed E-state index contributed by atoms with van der Waals surface area (Å²) in [6.45, 7) is 4.01. The molecule has 2 rings (SSSR count). The number of amides is 1. The number of hydrogen-bond acceptors (Lipinski definition) is 2. The average Bonchev–Trinajstić information content (AvgIpc) is 2.89. The van der Waals surface area contributed by atoms with Gasteiger partial charge < -0.3 is 20.5 Å². The summed E-state index contributed by atoms with van der Waals surface area (Å²) in [5.41, 5.74) is 7.87. The van der Waals surface area contributed by atoms with Crippen LogP contribution in [-0.2, 0) is 20.1 Å². The number of rotatable bonds is 6. The second kappa shape index (κ2) is 8.58. The Hall–Kier alpha value is -2.47. The quantitative estimate of drug-likeness (QED) is 0.612. The van der Waals surface area contributed by atoms with Crippen LogP contribution in [0.15, 0.2) is 41.5 Å². The van der Waals surface area contributed by atoms with Gasteiger partial charge in [-0.25, -0.2) is 4.99 Å². The lowest BCUT2D eigenvalue weighted by molar-refractivity contribution is 0.100. The van der Waals surface area contributed by atoms with Crippen molar-refractivity contribution in [3.8, 4) is 0 Å². The Morgan fingerprint density at radius 2 is 2.04 bits per heavy atom. The van der Waals surface area contributed by atoms with Gasteiger partial charge in [-0.3, -0.25) is 4.79 Å². The number of carbonyl (C=O) groups is 1. The molecule has 0 bridgehead atoms. The van der Waals surface area contributed by atoms with Gasteiger partial charge in [-0.1, -0.05) is 23.7 Å². The number of nitrogens with two attached hydrogens (primary N) is 1. The third-order valence-electron chi connectivity index (χ3n) is 3.82. The number of aryl methyl sites for hydroxylation is 1. The molecule has 0 fully saturated rings. The molecule has 0 aliphatic rings. The first-order valence-electron chi connectivity index (χ1n) is 8.09. The van der Waals surface area contributed by atoms with Crippen LogP contribution in [0.1, 0.15) is 28.5 Å². The molecule has 134 valence electrons. The highest BCUT2D eigenvalue weighted by Crippen LogP contribution is 2.14. The maximum Gasteiger partial charge on any atom is 0.248 e. The molecule has 2 aromatic rings. The van der Waals surface area contributed by atoms with Crippen molar-refractivity contribution in [2.24, 2.45) is 17.8 Å². The second-order valence-electron chi connectivity index (χ2n) is 5.85. The number of guanidine groups is 1. The summed E-state index contributed by atoms with van der Waals surface area (Å²) >= 11 is 6.05. The molecule has 0 atom stereocenters. The maximum absolute atomic E-state index is 11.1. The number of nitrogens with one attached hydrogen (secondary N) is 1. The van der Waals surface area contributed by atoms with Crippen LogP contribution in [0, 0.1) is 0 Å². The number of primary amides is 1. The van der Waals surface area contributed by atoms with Gasteiger partial charge in [0.25, 0.3) is 0 Å². The van der Waals surface area contributed by atoms with E-state index < -0.39 is 5.91 Å². The smallest absolute Gasteiger partial charge is 0.248 e. The van der Waals surface area contributed by atoms with E-state index in [0.29, 0.717) is 18.7 Å². The standard InChI is InChI=1S/C18H24ClN5O/c1-4-21-18(24(3)12-16-9-15(19)11-23(16)2)22-10-13-5-7-14(8-6-13)17(20)25/h5-9,11H,4,10,12H2,1-3H3,(H2,20,25)(H,21,22). The van der Waals surface area contributed by atoms with E-state index in [1.807, 2.05) is 54.9 Å². The summed E-state index contributed by atoms with van der Waals surface area (Å²) in [5.74, 6) is 0.378. The molecule has 0 spiro atoms. The Bertz CT molecular complexity index is 751. The first-order valence-corrected chi connectivity index (χ1v) is 8.47. The Balaban J connectivity index is 2.08. The van der Waals surface area contributed by atoms with Crippen molar-refractivity contribution in [1.29, 1.82) is 0 Å². The van der Waals surface area contributed by atoms with E-state index in [9.17, 15) is 4.79 Å². The molecule has 3 N–H and O–H groups in total. The summed E-state index contributed by atoms with van der Waals surface area (Å²) in [6.07, 6.45) is 1.88. The average molecular weight is 362 g/mol. The SMILES string of the molecule is CCNC(=NCc1ccc(C(N)=O)cc1)N(C)Cc1cc(Cl)cn1C. The van der Waals surface area contributed by atoms with Crippen LogP contribution < -0.4 is 11.1 Å². The zero-order valence-corrected chi connectivity index (χ0v) is 15.5. The molecule has 7 heteroatoms. The lowest BCUT2D eigenvalue weighted by atomic mass is 10.1. The van der Waals surface area contributed by atoms with Crippen molar-refractivity contribution in [2.75, 3.05) is 13.6 Å². The minimum atomic E-state index is -0.427. The van der Waals surface area contributed by atoms with Crippen LogP contribution in [-0.4, -0.2) is 34.9 Å². The Morgan fingerprint density at radius 1 is 1.36 bits per heavy atom. The Kier molecular flexibility index (Phi) is 6.47. The highest BCUT2D eigenvalue weighted by molar-refractivity contribution is 6.30. The molecular formula is C18H24ClN5O. The minimum absolute atomic E-state index is 0.427. The van der Waals surface area contributed by atoms with E-state index in [1.54, 1.807) is 12.1 Å². The predicted octanol–water partition coefficient (Wildman–Crippen LogP) is 2.37. The summed E-state index contributed by atoms with van der Waals surface area (Å²) in [6, 6.07) is 9.12. The monoisotopic (exact) mass is 361 g/mol. The van der Waals surface area contributed by atoms with Crippen molar-refractivity contribution in [2.45, 2.75) is 20.0 Å². The fraction of sp³-hybridized carbons (Fsp3) is 0.333. The molecule has 1 aromatic heterocycles. The number of carbonyl (C=O) groups excluding carboxylic acids is 1. The lowest BCUT2D eigenvalue weighted by Crippen LogP contribution is -2.38. The number of nitrogens with zero attached hydrogens (tertiary/aromatic N) is 3. The summed E-state index contributed by atoms with van der Waals surface area (Å²) < 4.78 is 2.00. The topological polar surface area (TPSA) is 75.6 Å². The van der Waals surface area contributed by atoms with Gasteiger partial charge in [0.05, 0.1) is 18.1 Å². The first-order chi connectivity index (χ1) is 11.9. The molecule has 0 aliphatic carbocycles. The van der Waals surface area contributed by atoms with Crippen LogP contribution in [0.5, 0.6) is 0 Å². The zero-order valence-electron chi connectivity index (χ0n) is 14.8. The highest BCUT2D eigenvalue weighted by atomic mass is 35.5. The maximum atomic E-state index is 11.1. The predicted molar refractivity (Wildman–Crippen MR) is 102 cm³/mol. The highest BCUT2D eigenvalue weighted by Gasteiger charge is 2.10. The number of aromatic nitrogens is 1. The molecule has 0 unspecified atom stereocenters. The Morgan fingerprint density at radius 3 is 2.56 bits per heavy atom. The first kappa shape index (κ1) is 18.9. The van der Waals surface area contributed by atoms with Crippen molar-refractivity contribution in [3.05, 3.63) is 58.4 Å². The van der Waals surface area contributed by atoms with Gasteiger partial charge in [0.15, 0.2) is 5.96 Å². The van der Waals surface area contributed by atoms with Crippen LogP contribution in [0.3, 0.4) is 0 Å². The molecule has 0 aliphatic heterocycles. The summed E-state index contributed by atoms with van der Waals surface area (Å²) in [5, 5.41) is 4.01. The van der Waals surface area contributed by atoms with Gasteiger partial charge in [-0.2, -0.15) is 0 Å². The van der Waals surface area contributed by atoms with Gasteiger partial charge in [-0.05, 0) is 30.7 Å². The number of hydrogen-bond donors (Lipinski definition) is 2. The molecule has 0 saturated heterocycles. The Labute approximate surface area is 153 Å². The number of halogens is 1. The summed E-state index contributed by atoms with van der Waals surface area (Å²) in [7, 11) is 3.96. The minimum Gasteiger partial charge on any atom is -0.366 e. The number of aliphatic imine (C=N–C) groups is 1. The fourth-order valence-electron chi connectivity index (χ4n) is 2.45. The van der Waals surface area contributed by atoms with Crippen molar-refractivity contribution >= 4 is 23.5 Å². The van der Waals surface area contributed by atoms with E-state index in [-0.39, 0.29) is 0 Å². The third-order valence-corrected chi connectivity index (χ3v) is 4.03. The number of benzene rings is 1. The van der Waals surface area contributed by atoms with Gasteiger partial charge in [0, 0.05) is 38.1 Å². The lowest BCUT2D eigenvalue weighted by Gasteiger charge is -2.22. The normalized spacial score (nSPS) is 11.4. The van der Waals surface area contributed by atoms with E-state index in [1.165, 1.54) is 0 Å². The molecule has 6 nitrogen and oxygen atoms in total. The van der Waals surface area contributed by atoms with Gasteiger partial charge in [-0.15, -0.1) is 0 Å². The third kappa shape index (κ3) is 5.26. The van der Waals surface area contributed by atoms with Crippen LogP contribution in [0.25, 0.3) is 0 Å². The molecule has 1 amide bonds. The van der Waals surface area contributed by atoms with E-state index in [4.69, 9.17) is 17.3 Å². The van der Waals surface area contributed by atoms with E-state index in [0.717, 1.165) is 28.8 Å². The van der Waals surface area contributed by atoms with Gasteiger partial charge in [0.2, 0.25) is 5.91 Å². The molecule has 25 heavy (non-hydrogen) atoms. The van der Waals surface area contributed by atoms with E-state index >= 15 is 0 Å². The van der Waals surface area contributed by atoms with Crippen LogP contribution in [0.2, 0.25) is 5.02 Å². The molecule has 1 aromatic carbocycles. The largest absolute Gasteiger partial charge is 0.366 e. The van der Waals surface area contributed by atoms with Gasteiger partial charge >= 0.3 is 0 Å². The second-order valence-corrected chi connectivity index (χ2v) is 6.28. The molecule has 0 radical (unpaired) electrons. The molecular weight excluding hydrogens is 338 g/mol. The van der Waals surface area contributed by atoms with Gasteiger partial charge in [0.1, 0.15) is 0 Å². The summed E-state index contributed by atoms with van der Waals surface area (Å²) in [4.78, 5) is 17.8. The molecule has 1 heterocycles. The zero-order chi connectivity index (χ0) is 18.4. The van der Waals surface area contributed by atoms with Crippen molar-refractivity contribution in [1.82, 2.24) is 14.8 Å². The van der Waals surface area contributed by atoms with Crippen LogP contribution >= 0.6 is 11.6 Å². The molecule has 0 saturated carbocycles. The van der Waals surface area contributed by atoms with Crippen molar-refractivity contribution in [3.63, 3.8) is 0 Å². The van der Waals surface area contributed by atoms with E-state index in [2.05, 4.69) is 10.3 Å². The van der Waals surface area contributed by atoms with Crippen molar-refractivity contribution < 1.29 is 4.79 Å². The fourth-order valence-corrected chi connectivity index (χ4v) is 2.72.